The number of rotatable bonds is 0. The van der Waals surface area contributed by atoms with E-state index in [0.717, 1.165) is 21.7 Å². The van der Waals surface area contributed by atoms with Gasteiger partial charge in [0.05, 0.1) is 0 Å². The molecule has 2 atom stereocenters. The maximum absolute atomic E-state index is 1.66. The SMILES string of the molecule is C1CCC2(C1)CC[C@]1(CC[C@]3(CCC4(CCCC4)C3)C1)C2. The van der Waals surface area contributed by atoms with Gasteiger partial charge in [-0.2, -0.15) is 0 Å². The van der Waals surface area contributed by atoms with Crippen molar-refractivity contribution in [3.05, 3.63) is 0 Å². The zero-order valence-corrected chi connectivity index (χ0v) is 14.0. The summed E-state index contributed by atoms with van der Waals surface area (Å²) in [5.41, 5.74) is 3.34. The van der Waals surface area contributed by atoms with Gasteiger partial charge in [-0.05, 0) is 105 Å². The van der Waals surface area contributed by atoms with Crippen molar-refractivity contribution in [1.29, 1.82) is 0 Å². The predicted octanol–water partition coefficient (Wildman–Crippen LogP) is 6.63. The van der Waals surface area contributed by atoms with Crippen molar-refractivity contribution in [2.24, 2.45) is 21.7 Å². The normalized spacial score (nSPS) is 46.9. The van der Waals surface area contributed by atoms with E-state index in [4.69, 9.17) is 0 Å². The van der Waals surface area contributed by atoms with E-state index in [2.05, 4.69) is 0 Å². The van der Waals surface area contributed by atoms with E-state index in [1.165, 1.54) is 0 Å². The highest BCUT2D eigenvalue weighted by Gasteiger charge is 2.59. The molecule has 0 aromatic carbocycles. The van der Waals surface area contributed by atoms with Crippen molar-refractivity contribution in [3.8, 4) is 0 Å². The van der Waals surface area contributed by atoms with E-state index in [-0.39, 0.29) is 0 Å². The van der Waals surface area contributed by atoms with Crippen molar-refractivity contribution in [1.82, 2.24) is 0 Å². The Hall–Kier alpha value is 0. The minimum Gasteiger partial charge on any atom is -0.0528 e. The second-order valence-corrected chi connectivity index (χ2v) is 10.4. The third-order valence-electron chi connectivity index (χ3n) is 9.14. The molecule has 0 radical (unpaired) electrons. The van der Waals surface area contributed by atoms with Crippen LogP contribution in [0.3, 0.4) is 0 Å². The summed E-state index contributed by atoms with van der Waals surface area (Å²) in [6.45, 7) is 0. The van der Waals surface area contributed by atoms with Crippen LogP contribution in [0.4, 0.5) is 0 Å². The van der Waals surface area contributed by atoms with Crippen LogP contribution in [-0.4, -0.2) is 0 Å². The number of hydrogen-bond donors (Lipinski definition) is 0. The average Bonchev–Trinajstić information content (AvgIpc) is 3.25. The lowest BCUT2D eigenvalue weighted by molar-refractivity contribution is 0.181. The summed E-state index contributed by atoms with van der Waals surface area (Å²) in [6.07, 6.45) is 27.2. The molecule has 0 heteroatoms. The fourth-order valence-corrected chi connectivity index (χ4v) is 8.34. The molecule has 0 bridgehead atoms. The van der Waals surface area contributed by atoms with Gasteiger partial charge in [-0.3, -0.25) is 0 Å². The maximum Gasteiger partial charge on any atom is -0.0287 e. The Kier molecular flexibility index (Phi) is 2.75. The molecule has 5 fully saturated rings. The van der Waals surface area contributed by atoms with Gasteiger partial charge >= 0.3 is 0 Å². The second-order valence-electron chi connectivity index (χ2n) is 10.4. The molecule has 0 saturated heterocycles. The standard InChI is InChI=1S/C21H34/c1-2-6-18(5-1)9-11-20(15-18)13-14-21(17-20)12-10-19(16-21)7-3-4-8-19/h1-17H2/t20-,21-/m0/s1. The maximum atomic E-state index is 1.66. The summed E-state index contributed by atoms with van der Waals surface area (Å²) in [5, 5.41) is 0. The number of hydrogen-bond acceptors (Lipinski definition) is 0. The third-order valence-corrected chi connectivity index (χ3v) is 9.14. The van der Waals surface area contributed by atoms with E-state index in [1.54, 1.807) is 109 Å². The molecule has 0 heterocycles. The Morgan fingerprint density at radius 3 is 0.952 bits per heavy atom. The van der Waals surface area contributed by atoms with E-state index < -0.39 is 0 Å². The van der Waals surface area contributed by atoms with Crippen LogP contribution in [-0.2, 0) is 0 Å². The molecule has 0 aromatic heterocycles. The smallest absolute Gasteiger partial charge is 0.0287 e. The zero-order chi connectivity index (χ0) is 14.0. The van der Waals surface area contributed by atoms with Crippen molar-refractivity contribution in [2.75, 3.05) is 0 Å². The Balaban J connectivity index is 1.33. The molecule has 0 unspecified atom stereocenters. The van der Waals surface area contributed by atoms with E-state index >= 15 is 0 Å². The van der Waals surface area contributed by atoms with Gasteiger partial charge in [0.15, 0.2) is 0 Å². The molecule has 0 aliphatic heterocycles. The van der Waals surface area contributed by atoms with E-state index in [0.29, 0.717) is 0 Å². The summed E-state index contributed by atoms with van der Waals surface area (Å²) in [4.78, 5) is 0. The Morgan fingerprint density at radius 1 is 0.286 bits per heavy atom. The van der Waals surface area contributed by atoms with Crippen LogP contribution in [0.5, 0.6) is 0 Å². The highest BCUT2D eigenvalue weighted by molar-refractivity contribution is 5.10. The fourth-order valence-electron chi connectivity index (χ4n) is 8.34. The summed E-state index contributed by atoms with van der Waals surface area (Å²) >= 11 is 0. The van der Waals surface area contributed by atoms with Crippen molar-refractivity contribution >= 4 is 0 Å². The summed E-state index contributed by atoms with van der Waals surface area (Å²) in [6, 6.07) is 0. The topological polar surface area (TPSA) is 0 Å². The summed E-state index contributed by atoms with van der Waals surface area (Å²) in [5.74, 6) is 0. The molecule has 5 rings (SSSR count). The molecule has 0 N–H and O–H groups in total. The van der Waals surface area contributed by atoms with Crippen LogP contribution in [0.1, 0.15) is 109 Å². The first-order valence-electron chi connectivity index (χ1n) is 10.2. The van der Waals surface area contributed by atoms with Gasteiger partial charge in [-0.1, -0.05) is 25.7 Å². The van der Waals surface area contributed by atoms with E-state index in [1.807, 2.05) is 0 Å². The Labute approximate surface area is 131 Å². The monoisotopic (exact) mass is 286 g/mol. The molecule has 0 nitrogen and oxygen atoms in total. The molecule has 4 spiro atoms. The third kappa shape index (κ3) is 1.99. The first-order valence-corrected chi connectivity index (χ1v) is 10.2. The minimum atomic E-state index is 0.828. The molecule has 21 heavy (non-hydrogen) atoms. The van der Waals surface area contributed by atoms with Gasteiger partial charge < -0.3 is 0 Å². The first kappa shape index (κ1) is 13.4. The van der Waals surface area contributed by atoms with Crippen LogP contribution in [0.2, 0.25) is 0 Å². The quantitative estimate of drug-likeness (QED) is 0.468. The minimum absolute atomic E-state index is 0.828. The first-order chi connectivity index (χ1) is 10.2. The van der Waals surface area contributed by atoms with Gasteiger partial charge in [0, 0.05) is 0 Å². The molecule has 118 valence electrons. The average molecular weight is 287 g/mol. The van der Waals surface area contributed by atoms with Gasteiger partial charge in [-0.25, -0.2) is 0 Å². The fraction of sp³-hybridized carbons (Fsp3) is 1.00. The van der Waals surface area contributed by atoms with Gasteiger partial charge in [0.25, 0.3) is 0 Å². The lowest BCUT2D eigenvalue weighted by atomic mass is 9.72. The van der Waals surface area contributed by atoms with E-state index in [9.17, 15) is 0 Å². The largest absolute Gasteiger partial charge is 0.0528 e. The lowest BCUT2D eigenvalue weighted by Gasteiger charge is -2.32. The molecule has 0 amide bonds. The molecule has 5 saturated carbocycles. The van der Waals surface area contributed by atoms with Crippen LogP contribution in [0.15, 0.2) is 0 Å². The molecule has 5 aliphatic rings. The van der Waals surface area contributed by atoms with Gasteiger partial charge in [-0.15, -0.1) is 0 Å². The van der Waals surface area contributed by atoms with Crippen LogP contribution in [0, 0.1) is 21.7 Å². The second kappa shape index (κ2) is 4.30. The molecular weight excluding hydrogens is 252 g/mol. The Bertz CT molecular complexity index is 383. The highest BCUT2D eigenvalue weighted by atomic mass is 14.6. The van der Waals surface area contributed by atoms with Crippen LogP contribution < -0.4 is 0 Å². The van der Waals surface area contributed by atoms with Crippen molar-refractivity contribution in [3.63, 3.8) is 0 Å². The summed E-state index contributed by atoms with van der Waals surface area (Å²) < 4.78 is 0. The van der Waals surface area contributed by atoms with Crippen LogP contribution >= 0.6 is 0 Å². The van der Waals surface area contributed by atoms with Gasteiger partial charge in [0.2, 0.25) is 0 Å². The zero-order valence-electron chi connectivity index (χ0n) is 14.0. The molecule has 5 aliphatic carbocycles. The van der Waals surface area contributed by atoms with Crippen molar-refractivity contribution < 1.29 is 0 Å². The van der Waals surface area contributed by atoms with Crippen molar-refractivity contribution in [2.45, 2.75) is 109 Å². The Morgan fingerprint density at radius 2 is 0.571 bits per heavy atom. The summed E-state index contributed by atoms with van der Waals surface area (Å²) in [7, 11) is 0. The van der Waals surface area contributed by atoms with Gasteiger partial charge in [0.1, 0.15) is 0 Å². The molecular formula is C21H34. The predicted molar refractivity (Wildman–Crippen MR) is 88.2 cm³/mol. The highest BCUT2D eigenvalue weighted by Crippen LogP contribution is 2.71. The lowest BCUT2D eigenvalue weighted by Crippen LogP contribution is -2.22. The van der Waals surface area contributed by atoms with Crippen LogP contribution in [0.25, 0.3) is 0 Å². The molecule has 0 aromatic rings.